The maximum atomic E-state index is 12.5. The fourth-order valence-electron chi connectivity index (χ4n) is 2.89. The van der Waals surface area contributed by atoms with E-state index in [9.17, 15) is 9.59 Å². The van der Waals surface area contributed by atoms with Crippen LogP contribution in [0.25, 0.3) is 17.0 Å². The highest BCUT2D eigenvalue weighted by molar-refractivity contribution is 5.93. The minimum absolute atomic E-state index is 0.0854. The van der Waals surface area contributed by atoms with Gasteiger partial charge in [0.05, 0.1) is 17.9 Å². The molecule has 3 N–H and O–H groups in total. The number of hydrogen-bond donors (Lipinski definition) is 2. The molecule has 0 fully saturated rings. The van der Waals surface area contributed by atoms with Gasteiger partial charge in [-0.2, -0.15) is 0 Å². The van der Waals surface area contributed by atoms with Gasteiger partial charge in [0.25, 0.3) is 11.8 Å². The Bertz CT molecular complexity index is 1180. The van der Waals surface area contributed by atoms with Crippen molar-refractivity contribution in [1.29, 1.82) is 0 Å². The summed E-state index contributed by atoms with van der Waals surface area (Å²) in [7, 11) is 0. The number of aromatic nitrogens is 4. The number of benzene rings is 2. The zero-order chi connectivity index (χ0) is 21.1. The average Bonchev–Trinajstić information content (AvgIpc) is 3.45. The van der Waals surface area contributed by atoms with Gasteiger partial charge in [0.15, 0.2) is 17.1 Å². The number of nitrogens with two attached hydrogens (primary N) is 1. The summed E-state index contributed by atoms with van der Waals surface area (Å²) in [5, 5.41) is 14.4. The van der Waals surface area contributed by atoms with E-state index in [1.54, 1.807) is 18.2 Å². The third kappa shape index (κ3) is 3.95. The molecule has 4 rings (SSSR count). The van der Waals surface area contributed by atoms with E-state index in [0.29, 0.717) is 11.4 Å². The number of carbonyl (C=O) groups excluding carboxylic acids is 2. The minimum atomic E-state index is -0.641. The Morgan fingerprint density at radius 2 is 1.80 bits per heavy atom. The van der Waals surface area contributed by atoms with E-state index >= 15 is 0 Å². The van der Waals surface area contributed by atoms with Crippen molar-refractivity contribution in [3.8, 4) is 17.0 Å². The van der Waals surface area contributed by atoms with Crippen molar-refractivity contribution < 1.29 is 14.1 Å². The molecule has 0 aliphatic rings. The van der Waals surface area contributed by atoms with E-state index in [2.05, 4.69) is 20.8 Å². The van der Waals surface area contributed by atoms with Crippen molar-refractivity contribution in [2.45, 2.75) is 13.0 Å². The third-order valence-corrected chi connectivity index (χ3v) is 4.55. The van der Waals surface area contributed by atoms with Crippen molar-refractivity contribution in [2.75, 3.05) is 0 Å². The highest BCUT2D eigenvalue weighted by Crippen LogP contribution is 2.21. The second kappa shape index (κ2) is 8.00. The molecule has 0 spiro atoms. The summed E-state index contributed by atoms with van der Waals surface area (Å²) >= 11 is 0. The topological polar surface area (TPSA) is 129 Å². The normalized spacial score (nSPS) is 11.8. The largest absolute Gasteiger partial charge is 0.364 e. The first kappa shape index (κ1) is 19.1. The van der Waals surface area contributed by atoms with E-state index < -0.39 is 5.91 Å². The SMILES string of the molecule is C[C@H](NC(=O)c1cc(-c2ccccc2)on1)c1ccc(-n2cc(C(N)=O)nn2)cc1. The molecule has 0 unspecified atom stereocenters. The molecule has 9 nitrogen and oxygen atoms in total. The monoisotopic (exact) mass is 402 g/mol. The smallest absolute Gasteiger partial charge is 0.273 e. The van der Waals surface area contributed by atoms with Gasteiger partial charge in [0, 0.05) is 11.6 Å². The fourth-order valence-corrected chi connectivity index (χ4v) is 2.89. The van der Waals surface area contributed by atoms with Crippen LogP contribution < -0.4 is 11.1 Å². The molecule has 9 heteroatoms. The number of primary amides is 1. The summed E-state index contributed by atoms with van der Waals surface area (Å²) < 4.78 is 6.74. The number of hydrogen-bond acceptors (Lipinski definition) is 6. The van der Waals surface area contributed by atoms with Gasteiger partial charge in [-0.15, -0.1) is 5.10 Å². The molecule has 0 saturated heterocycles. The predicted molar refractivity (Wildman–Crippen MR) is 108 cm³/mol. The van der Waals surface area contributed by atoms with Crippen LogP contribution in [0.15, 0.2) is 71.4 Å². The molecule has 0 aliphatic heterocycles. The molecular weight excluding hydrogens is 384 g/mol. The minimum Gasteiger partial charge on any atom is -0.364 e. The van der Waals surface area contributed by atoms with Gasteiger partial charge >= 0.3 is 0 Å². The fraction of sp³-hybridized carbons (Fsp3) is 0.0952. The van der Waals surface area contributed by atoms with Crippen molar-refractivity contribution in [3.63, 3.8) is 0 Å². The first-order valence-corrected chi connectivity index (χ1v) is 9.17. The highest BCUT2D eigenvalue weighted by atomic mass is 16.5. The summed E-state index contributed by atoms with van der Waals surface area (Å²) in [6, 6.07) is 18.1. The van der Waals surface area contributed by atoms with Gasteiger partial charge in [-0.25, -0.2) is 4.68 Å². The third-order valence-electron chi connectivity index (χ3n) is 4.55. The van der Waals surface area contributed by atoms with Gasteiger partial charge in [0.1, 0.15) is 0 Å². The molecule has 1 atom stereocenters. The van der Waals surface area contributed by atoms with Crippen LogP contribution in [0.1, 0.15) is 39.5 Å². The summed E-state index contributed by atoms with van der Waals surface area (Å²) in [6.07, 6.45) is 1.46. The molecule has 2 aromatic heterocycles. The zero-order valence-corrected chi connectivity index (χ0v) is 16.0. The lowest BCUT2D eigenvalue weighted by atomic mass is 10.1. The lowest BCUT2D eigenvalue weighted by Gasteiger charge is -2.13. The van der Waals surface area contributed by atoms with E-state index in [0.717, 1.165) is 11.1 Å². The molecule has 2 aromatic carbocycles. The summed E-state index contributed by atoms with van der Waals surface area (Å²) in [4.78, 5) is 23.7. The van der Waals surface area contributed by atoms with Crippen LogP contribution in [0, 0.1) is 0 Å². The molecule has 4 aromatic rings. The quantitative estimate of drug-likeness (QED) is 0.510. The number of carbonyl (C=O) groups is 2. The van der Waals surface area contributed by atoms with Crippen LogP contribution in [-0.2, 0) is 0 Å². The second-order valence-corrected chi connectivity index (χ2v) is 6.64. The van der Waals surface area contributed by atoms with Gasteiger partial charge in [-0.05, 0) is 24.6 Å². The number of rotatable bonds is 6. The van der Waals surface area contributed by atoms with Crippen LogP contribution in [-0.4, -0.2) is 32.0 Å². The van der Waals surface area contributed by atoms with Crippen LogP contribution in [0.5, 0.6) is 0 Å². The Balaban J connectivity index is 1.43. The molecule has 2 amide bonds. The number of nitrogens with zero attached hydrogens (tertiary/aromatic N) is 4. The van der Waals surface area contributed by atoms with E-state index in [-0.39, 0.29) is 23.3 Å². The van der Waals surface area contributed by atoms with E-state index in [1.807, 2.05) is 49.4 Å². The van der Waals surface area contributed by atoms with Crippen LogP contribution in [0.3, 0.4) is 0 Å². The van der Waals surface area contributed by atoms with E-state index in [1.165, 1.54) is 10.9 Å². The summed E-state index contributed by atoms with van der Waals surface area (Å²) in [5.74, 6) is -0.446. The molecule has 150 valence electrons. The van der Waals surface area contributed by atoms with Crippen molar-refractivity contribution in [2.24, 2.45) is 5.73 Å². The lowest BCUT2D eigenvalue weighted by molar-refractivity contribution is 0.0929. The molecular formula is C21H18N6O3. The molecule has 0 saturated carbocycles. The van der Waals surface area contributed by atoms with Crippen LogP contribution >= 0.6 is 0 Å². The molecule has 30 heavy (non-hydrogen) atoms. The van der Waals surface area contributed by atoms with Gasteiger partial charge in [-0.1, -0.05) is 52.8 Å². The van der Waals surface area contributed by atoms with Gasteiger partial charge in [0.2, 0.25) is 0 Å². The molecule has 0 radical (unpaired) electrons. The number of nitrogens with one attached hydrogen (secondary N) is 1. The van der Waals surface area contributed by atoms with E-state index in [4.69, 9.17) is 10.3 Å². The highest BCUT2D eigenvalue weighted by Gasteiger charge is 2.17. The maximum Gasteiger partial charge on any atom is 0.273 e. The Morgan fingerprint density at radius 1 is 1.07 bits per heavy atom. The van der Waals surface area contributed by atoms with Crippen molar-refractivity contribution in [3.05, 3.63) is 83.8 Å². The van der Waals surface area contributed by atoms with Crippen LogP contribution in [0.2, 0.25) is 0 Å². The molecule has 2 heterocycles. The Morgan fingerprint density at radius 3 is 2.47 bits per heavy atom. The first-order valence-electron chi connectivity index (χ1n) is 9.17. The van der Waals surface area contributed by atoms with Crippen molar-refractivity contribution in [1.82, 2.24) is 25.5 Å². The zero-order valence-electron chi connectivity index (χ0n) is 16.0. The first-order chi connectivity index (χ1) is 14.5. The Kier molecular flexibility index (Phi) is 5.08. The maximum absolute atomic E-state index is 12.5. The van der Waals surface area contributed by atoms with Crippen molar-refractivity contribution >= 4 is 11.8 Å². The summed E-state index contributed by atoms with van der Waals surface area (Å²) in [5.41, 5.74) is 7.92. The molecule has 0 aliphatic carbocycles. The second-order valence-electron chi connectivity index (χ2n) is 6.64. The Hall–Kier alpha value is -4.27. The standard InChI is InChI=1S/C21H18N6O3/c1-13(14-7-9-16(10-8-14)27-12-18(20(22)28)24-26-27)23-21(29)17-11-19(30-25-17)15-5-3-2-4-6-15/h2-13H,1H3,(H2,22,28)(H,23,29)/t13-/m0/s1. The summed E-state index contributed by atoms with van der Waals surface area (Å²) in [6.45, 7) is 1.87. The van der Waals surface area contributed by atoms with Gasteiger partial charge in [-0.3, -0.25) is 9.59 Å². The van der Waals surface area contributed by atoms with Crippen LogP contribution in [0.4, 0.5) is 0 Å². The Labute approximate surface area is 171 Å². The molecule has 0 bridgehead atoms. The lowest BCUT2D eigenvalue weighted by Crippen LogP contribution is -2.26. The average molecular weight is 402 g/mol. The van der Waals surface area contributed by atoms with Gasteiger partial charge < -0.3 is 15.6 Å². The predicted octanol–water partition coefficient (Wildman–Crippen LogP) is 2.51. The number of amides is 2.